The van der Waals surface area contributed by atoms with E-state index >= 15 is 0 Å². The summed E-state index contributed by atoms with van der Waals surface area (Å²) in [6.45, 7) is 7.58. The minimum Gasteiger partial charge on any atom is -0.312 e. The van der Waals surface area contributed by atoms with E-state index in [1.54, 1.807) is 12.1 Å². The molecule has 0 saturated heterocycles. The Balaban J connectivity index is 2.10. The quantitative estimate of drug-likeness (QED) is 0.827. The van der Waals surface area contributed by atoms with Crippen molar-refractivity contribution in [1.29, 1.82) is 0 Å². The highest BCUT2D eigenvalue weighted by Crippen LogP contribution is 2.41. The van der Waals surface area contributed by atoms with E-state index < -0.39 is 0 Å². The van der Waals surface area contributed by atoms with E-state index in [1.807, 2.05) is 6.07 Å². The molecule has 1 nitrogen and oxygen atoms in total. The first kappa shape index (κ1) is 15.8. The molecule has 0 unspecified atom stereocenters. The second kappa shape index (κ2) is 6.03. The topological polar surface area (TPSA) is 12.0 Å². The van der Waals surface area contributed by atoms with Gasteiger partial charge < -0.3 is 5.32 Å². The Hall–Kier alpha value is -0.600. The van der Waals surface area contributed by atoms with Gasteiger partial charge in [0.1, 0.15) is 5.82 Å². The molecule has 1 aliphatic rings. The maximum absolute atomic E-state index is 13.6. The fourth-order valence-corrected chi connectivity index (χ4v) is 3.19. The molecule has 2 rings (SSSR count). The Labute approximate surface area is 126 Å². The molecular formula is C17H25ClFN. The third-order valence-corrected chi connectivity index (χ3v) is 4.53. The Morgan fingerprint density at radius 1 is 1.25 bits per heavy atom. The summed E-state index contributed by atoms with van der Waals surface area (Å²) >= 11 is 5.77. The molecule has 0 spiro atoms. The first-order valence-electron chi connectivity index (χ1n) is 7.49. The van der Waals surface area contributed by atoms with Crippen LogP contribution in [0.5, 0.6) is 0 Å². The van der Waals surface area contributed by atoms with Crippen molar-refractivity contribution < 1.29 is 4.39 Å². The van der Waals surface area contributed by atoms with Crippen LogP contribution in [0.25, 0.3) is 0 Å². The molecule has 0 atom stereocenters. The van der Waals surface area contributed by atoms with Gasteiger partial charge in [-0.1, -0.05) is 30.5 Å². The van der Waals surface area contributed by atoms with Crippen LogP contribution in [-0.2, 0) is 6.42 Å². The van der Waals surface area contributed by atoms with E-state index in [4.69, 9.17) is 11.6 Å². The molecule has 1 aromatic carbocycles. The molecule has 1 fully saturated rings. The van der Waals surface area contributed by atoms with E-state index in [0.29, 0.717) is 0 Å². The van der Waals surface area contributed by atoms with Crippen LogP contribution in [0.2, 0.25) is 5.02 Å². The van der Waals surface area contributed by atoms with E-state index in [1.165, 1.54) is 25.7 Å². The lowest BCUT2D eigenvalue weighted by Crippen LogP contribution is -2.43. The summed E-state index contributed by atoms with van der Waals surface area (Å²) in [6, 6.07) is 5.23. The van der Waals surface area contributed by atoms with Gasteiger partial charge >= 0.3 is 0 Å². The van der Waals surface area contributed by atoms with Crippen molar-refractivity contribution in [1.82, 2.24) is 5.32 Å². The van der Waals surface area contributed by atoms with Crippen LogP contribution in [-0.4, -0.2) is 12.1 Å². The van der Waals surface area contributed by atoms with Gasteiger partial charge in [0, 0.05) is 12.1 Å². The van der Waals surface area contributed by atoms with Crippen LogP contribution >= 0.6 is 11.6 Å². The van der Waals surface area contributed by atoms with Gasteiger partial charge in [-0.15, -0.1) is 0 Å². The number of nitrogens with one attached hydrogen (secondary N) is 1. The second-order valence-corrected chi connectivity index (χ2v) is 7.64. The van der Waals surface area contributed by atoms with Crippen molar-refractivity contribution in [3.63, 3.8) is 0 Å². The minimum atomic E-state index is -0.305. The predicted octanol–water partition coefficient (Wildman–Crippen LogP) is 4.97. The van der Waals surface area contributed by atoms with Gasteiger partial charge in [0.2, 0.25) is 0 Å². The molecule has 0 radical (unpaired) electrons. The van der Waals surface area contributed by atoms with Gasteiger partial charge in [-0.05, 0) is 63.1 Å². The molecule has 0 amide bonds. The van der Waals surface area contributed by atoms with Crippen LogP contribution < -0.4 is 5.32 Å². The predicted molar refractivity (Wildman–Crippen MR) is 83.8 cm³/mol. The lowest BCUT2D eigenvalue weighted by molar-refractivity contribution is 0.244. The summed E-state index contributed by atoms with van der Waals surface area (Å²) in [7, 11) is 0. The van der Waals surface area contributed by atoms with Gasteiger partial charge in [-0.3, -0.25) is 0 Å². The normalized spacial score (nSPS) is 18.4. The number of hydrogen-bond donors (Lipinski definition) is 1. The molecule has 1 N–H and O–H groups in total. The molecule has 0 aromatic heterocycles. The highest BCUT2D eigenvalue weighted by Gasteiger charge is 2.34. The maximum atomic E-state index is 13.6. The summed E-state index contributed by atoms with van der Waals surface area (Å²) in [5, 5.41) is 3.84. The number of halogens is 2. The van der Waals surface area contributed by atoms with E-state index in [9.17, 15) is 4.39 Å². The van der Waals surface area contributed by atoms with Crippen LogP contribution in [0.1, 0.15) is 52.0 Å². The van der Waals surface area contributed by atoms with Crippen molar-refractivity contribution in [2.75, 3.05) is 6.54 Å². The molecule has 1 aliphatic carbocycles. The van der Waals surface area contributed by atoms with Crippen LogP contribution in [0, 0.1) is 11.2 Å². The molecule has 1 saturated carbocycles. The lowest BCUT2D eigenvalue weighted by atomic mass is 9.79. The molecule has 3 heteroatoms. The summed E-state index contributed by atoms with van der Waals surface area (Å²) in [5.74, 6) is -0.305. The van der Waals surface area contributed by atoms with Crippen molar-refractivity contribution in [2.24, 2.45) is 5.41 Å². The van der Waals surface area contributed by atoms with Crippen LogP contribution in [0.4, 0.5) is 4.39 Å². The molecule has 20 heavy (non-hydrogen) atoms. The number of hydrogen-bond acceptors (Lipinski definition) is 1. The summed E-state index contributed by atoms with van der Waals surface area (Å²) < 4.78 is 13.6. The zero-order chi connectivity index (χ0) is 14.8. The molecule has 1 aromatic rings. The largest absolute Gasteiger partial charge is 0.312 e. The SMILES string of the molecule is CC(C)(C)NCC1(Cc2ccc(Cl)c(F)c2)CCCC1. The summed E-state index contributed by atoms with van der Waals surface area (Å²) in [4.78, 5) is 0. The van der Waals surface area contributed by atoms with Gasteiger partial charge in [-0.2, -0.15) is 0 Å². The molecule has 0 heterocycles. The van der Waals surface area contributed by atoms with Crippen molar-refractivity contribution in [3.8, 4) is 0 Å². The van der Waals surface area contributed by atoms with E-state index in [0.717, 1.165) is 18.5 Å². The number of benzene rings is 1. The Bertz CT molecular complexity index is 459. The average Bonchev–Trinajstić information content (AvgIpc) is 2.80. The van der Waals surface area contributed by atoms with E-state index in [2.05, 4.69) is 26.1 Å². The maximum Gasteiger partial charge on any atom is 0.142 e. The monoisotopic (exact) mass is 297 g/mol. The highest BCUT2D eigenvalue weighted by molar-refractivity contribution is 6.30. The van der Waals surface area contributed by atoms with Crippen LogP contribution in [0.15, 0.2) is 18.2 Å². The molecule has 0 aliphatic heterocycles. The van der Waals surface area contributed by atoms with Crippen molar-refractivity contribution in [2.45, 2.75) is 58.4 Å². The first-order chi connectivity index (χ1) is 9.30. The van der Waals surface area contributed by atoms with Crippen molar-refractivity contribution in [3.05, 3.63) is 34.6 Å². The smallest absolute Gasteiger partial charge is 0.142 e. The Kier molecular flexibility index (Phi) is 4.76. The third kappa shape index (κ3) is 4.20. The fourth-order valence-electron chi connectivity index (χ4n) is 3.08. The zero-order valence-corrected chi connectivity index (χ0v) is 13.5. The van der Waals surface area contributed by atoms with Crippen LogP contribution in [0.3, 0.4) is 0 Å². The van der Waals surface area contributed by atoms with Gasteiger partial charge in [0.25, 0.3) is 0 Å². The lowest BCUT2D eigenvalue weighted by Gasteiger charge is -2.33. The minimum absolute atomic E-state index is 0.126. The average molecular weight is 298 g/mol. The molecule has 112 valence electrons. The Morgan fingerprint density at radius 2 is 1.90 bits per heavy atom. The first-order valence-corrected chi connectivity index (χ1v) is 7.87. The molecular weight excluding hydrogens is 273 g/mol. The van der Waals surface area contributed by atoms with Crippen molar-refractivity contribution >= 4 is 11.6 Å². The third-order valence-electron chi connectivity index (χ3n) is 4.22. The van der Waals surface area contributed by atoms with E-state index in [-0.39, 0.29) is 21.8 Å². The highest BCUT2D eigenvalue weighted by atomic mass is 35.5. The van der Waals surface area contributed by atoms with Gasteiger partial charge in [-0.25, -0.2) is 4.39 Å². The van der Waals surface area contributed by atoms with Gasteiger partial charge in [0.05, 0.1) is 5.02 Å². The second-order valence-electron chi connectivity index (χ2n) is 7.24. The summed E-state index contributed by atoms with van der Waals surface area (Å²) in [6.07, 6.45) is 5.94. The van der Waals surface area contributed by atoms with Gasteiger partial charge in [0.15, 0.2) is 0 Å². The standard InChI is InChI=1S/C17H25ClFN/c1-16(2,3)20-12-17(8-4-5-9-17)11-13-6-7-14(18)15(19)10-13/h6-7,10,20H,4-5,8-9,11-12H2,1-3H3. The Morgan fingerprint density at radius 3 is 2.45 bits per heavy atom. The zero-order valence-electron chi connectivity index (χ0n) is 12.7. The number of rotatable bonds is 4. The molecule has 0 bridgehead atoms. The summed E-state index contributed by atoms with van der Waals surface area (Å²) in [5.41, 5.74) is 1.46. The fraction of sp³-hybridized carbons (Fsp3) is 0.647.